The van der Waals surface area contributed by atoms with Crippen molar-refractivity contribution in [3.8, 4) is 6.01 Å². The molecule has 1 aliphatic heterocycles. The van der Waals surface area contributed by atoms with E-state index >= 15 is 0 Å². The van der Waals surface area contributed by atoms with E-state index in [9.17, 15) is 5.11 Å². The van der Waals surface area contributed by atoms with Crippen molar-refractivity contribution in [2.45, 2.75) is 69.8 Å². The number of rotatable bonds is 11. The second-order valence-electron chi connectivity index (χ2n) is 9.96. The van der Waals surface area contributed by atoms with E-state index in [0.29, 0.717) is 31.9 Å². The van der Waals surface area contributed by atoms with Gasteiger partial charge in [0.25, 0.3) is 0 Å². The van der Waals surface area contributed by atoms with Crippen LogP contribution in [-0.2, 0) is 16.1 Å². The lowest BCUT2D eigenvalue weighted by molar-refractivity contribution is 0.0684. The van der Waals surface area contributed by atoms with Crippen molar-refractivity contribution >= 4 is 16.9 Å². The van der Waals surface area contributed by atoms with Gasteiger partial charge in [-0.1, -0.05) is 0 Å². The summed E-state index contributed by atoms with van der Waals surface area (Å²) in [5.74, 6) is 1.23. The van der Waals surface area contributed by atoms with Crippen LogP contribution in [0.4, 0.5) is 5.82 Å². The van der Waals surface area contributed by atoms with E-state index in [1.165, 1.54) is 0 Å². The van der Waals surface area contributed by atoms with Gasteiger partial charge in [0.15, 0.2) is 5.65 Å². The fourth-order valence-electron chi connectivity index (χ4n) is 5.28. The first-order chi connectivity index (χ1) is 18.1. The molecule has 2 aliphatic rings. The van der Waals surface area contributed by atoms with Crippen LogP contribution in [0.15, 0.2) is 24.4 Å². The number of pyridine rings is 1. The van der Waals surface area contributed by atoms with Gasteiger partial charge < -0.3 is 24.2 Å². The molecule has 3 aromatic rings. The molecule has 11 nitrogen and oxygen atoms in total. The average Bonchev–Trinajstić information content (AvgIpc) is 3.53. The van der Waals surface area contributed by atoms with Crippen molar-refractivity contribution in [2.75, 3.05) is 38.4 Å². The number of nitrogens with zero attached hydrogens (tertiary/aromatic N) is 5. The Hall–Kier alpha value is -2.86. The number of ether oxygens (including phenoxy) is 3. The highest BCUT2D eigenvalue weighted by Gasteiger charge is 2.26. The van der Waals surface area contributed by atoms with E-state index in [1.807, 2.05) is 19.1 Å². The third-order valence-corrected chi connectivity index (χ3v) is 7.22. The van der Waals surface area contributed by atoms with E-state index < -0.39 is 0 Å². The fraction of sp³-hybridized carbons (Fsp3) is 0.615. The van der Waals surface area contributed by atoms with Gasteiger partial charge in [0.2, 0.25) is 0 Å². The molecule has 3 N–H and O–H groups in total. The normalized spacial score (nSPS) is 21.5. The molecule has 0 radical (unpaired) electrons. The number of hydrogen-bond acceptors (Lipinski definition) is 10. The zero-order valence-electron chi connectivity index (χ0n) is 21.6. The lowest BCUT2D eigenvalue weighted by Crippen LogP contribution is -2.37. The SMILES string of the molecule is COC[C@@H](C)Oc1nc(COCN[C@@H]2CCC[C@H]2O)cc(N2CCC(c3[nH]nc4ncccc34)CC2)n1. The number of hydrogen-bond donors (Lipinski definition) is 3. The van der Waals surface area contributed by atoms with Gasteiger partial charge in [-0.05, 0) is 51.2 Å². The molecule has 200 valence electrons. The molecular weight excluding hydrogens is 474 g/mol. The van der Waals surface area contributed by atoms with Crippen molar-refractivity contribution in [2.24, 2.45) is 0 Å². The zero-order valence-corrected chi connectivity index (χ0v) is 21.6. The van der Waals surface area contributed by atoms with Gasteiger partial charge in [-0.2, -0.15) is 15.1 Å². The van der Waals surface area contributed by atoms with Gasteiger partial charge in [-0.3, -0.25) is 10.4 Å². The Morgan fingerprint density at radius 3 is 2.86 bits per heavy atom. The standard InChI is InChI=1S/C26H37N7O4/c1-17(14-35-2)37-26-29-19(15-36-16-28-21-6-3-7-22(21)34)13-23(30-26)33-11-8-18(9-12-33)24-20-5-4-10-27-25(20)32-31-24/h4-5,10,13,17-18,21-22,28,34H,3,6-9,11-12,14-16H2,1-2H3,(H,27,31,32)/t17-,21-,22-/m1/s1. The average molecular weight is 512 g/mol. The maximum Gasteiger partial charge on any atom is 0.319 e. The smallest absolute Gasteiger partial charge is 0.319 e. The van der Waals surface area contributed by atoms with Crippen LogP contribution in [0.2, 0.25) is 0 Å². The maximum atomic E-state index is 10.0. The molecule has 3 aromatic heterocycles. The minimum Gasteiger partial charge on any atom is -0.458 e. The maximum absolute atomic E-state index is 10.0. The second-order valence-corrected chi connectivity index (χ2v) is 9.96. The van der Waals surface area contributed by atoms with Crippen LogP contribution in [0, 0.1) is 0 Å². The molecule has 3 atom stereocenters. The Morgan fingerprint density at radius 1 is 1.22 bits per heavy atom. The van der Waals surface area contributed by atoms with Crippen molar-refractivity contribution in [3.05, 3.63) is 35.8 Å². The molecule has 11 heteroatoms. The molecule has 1 aliphatic carbocycles. The summed E-state index contributed by atoms with van der Waals surface area (Å²) in [6.45, 7) is 4.78. The predicted octanol–water partition coefficient (Wildman–Crippen LogP) is 2.52. The molecule has 0 aromatic carbocycles. The van der Waals surface area contributed by atoms with Gasteiger partial charge in [-0.15, -0.1) is 0 Å². The van der Waals surface area contributed by atoms with Crippen molar-refractivity contribution in [3.63, 3.8) is 0 Å². The number of aromatic amines is 1. The molecule has 0 amide bonds. The van der Waals surface area contributed by atoms with Crippen LogP contribution in [0.3, 0.4) is 0 Å². The summed E-state index contributed by atoms with van der Waals surface area (Å²) in [6, 6.07) is 6.44. The number of H-pyrrole nitrogens is 1. The molecular formula is C26H37N7O4. The molecule has 4 heterocycles. The van der Waals surface area contributed by atoms with Crippen LogP contribution in [-0.4, -0.2) is 82.0 Å². The first-order valence-electron chi connectivity index (χ1n) is 13.2. The molecule has 37 heavy (non-hydrogen) atoms. The Labute approximate surface area is 216 Å². The molecule has 1 saturated carbocycles. The number of fused-ring (bicyclic) bond motifs is 1. The van der Waals surface area contributed by atoms with Gasteiger partial charge in [-0.25, -0.2) is 4.98 Å². The number of anilines is 1. The van der Waals surface area contributed by atoms with Gasteiger partial charge in [0.1, 0.15) is 11.9 Å². The van der Waals surface area contributed by atoms with Crippen LogP contribution in [0.1, 0.15) is 56.3 Å². The first kappa shape index (κ1) is 25.8. The van der Waals surface area contributed by atoms with Crippen molar-refractivity contribution < 1.29 is 19.3 Å². The van der Waals surface area contributed by atoms with Gasteiger partial charge in [0, 0.05) is 55.5 Å². The largest absolute Gasteiger partial charge is 0.458 e. The Morgan fingerprint density at radius 2 is 2.08 bits per heavy atom. The predicted molar refractivity (Wildman–Crippen MR) is 139 cm³/mol. The van der Waals surface area contributed by atoms with Gasteiger partial charge in [0.05, 0.1) is 31.7 Å². The van der Waals surface area contributed by atoms with Crippen LogP contribution >= 0.6 is 0 Å². The second kappa shape index (κ2) is 12.1. The number of nitrogens with one attached hydrogen (secondary N) is 2. The monoisotopic (exact) mass is 511 g/mol. The van der Waals surface area contributed by atoms with Crippen LogP contribution in [0.25, 0.3) is 11.0 Å². The summed E-state index contributed by atoms with van der Waals surface area (Å²) >= 11 is 0. The lowest BCUT2D eigenvalue weighted by Gasteiger charge is -2.32. The molecule has 0 bridgehead atoms. The molecule has 0 spiro atoms. The van der Waals surface area contributed by atoms with Crippen molar-refractivity contribution in [1.29, 1.82) is 0 Å². The summed E-state index contributed by atoms with van der Waals surface area (Å²) in [5, 5.41) is 22.0. The Bertz CT molecular complexity index is 1150. The fourth-order valence-corrected chi connectivity index (χ4v) is 5.28. The zero-order chi connectivity index (χ0) is 25.6. The van der Waals surface area contributed by atoms with E-state index in [0.717, 1.165) is 73.4 Å². The van der Waals surface area contributed by atoms with Crippen molar-refractivity contribution in [1.82, 2.24) is 30.5 Å². The first-order valence-corrected chi connectivity index (χ1v) is 13.2. The third kappa shape index (κ3) is 6.35. The highest BCUT2D eigenvalue weighted by atomic mass is 16.5. The minimum atomic E-state index is -0.296. The Balaban J connectivity index is 1.24. The summed E-state index contributed by atoms with van der Waals surface area (Å²) in [6.07, 6.45) is 6.11. The molecule has 2 fully saturated rings. The molecule has 5 rings (SSSR count). The topological polar surface area (TPSA) is 131 Å². The number of piperidine rings is 1. The van der Waals surface area contributed by atoms with E-state index in [-0.39, 0.29) is 18.2 Å². The molecule has 0 unspecified atom stereocenters. The number of aromatic nitrogens is 5. The highest BCUT2D eigenvalue weighted by molar-refractivity contribution is 5.77. The van der Waals surface area contributed by atoms with E-state index in [1.54, 1.807) is 13.3 Å². The summed E-state index contributed by atoms with van der Waals surface area (Å²) < 4.78 is 17.0. The number of methoxy groups -OCH3 is 1. The minimum absolute atomic E-state index is 0.0961. The van der Waals surface area contributed by atoms with E-state index in [2.05, 4.69) is 36.4 Å². The lowest BCUT2D eigenvalue weighted by atomic mass is 9.92. The van der Waals surface area contributed by atoms with Gasteiger partial charge >= 0.3 is 6.01 Å². The summed E-state index contributed by atoms with van der Waals surface area (Å²) in [5.41, 5.74) is 2.69. The number of aliphatic hydroxyl groups is 1. The van der Waals surface area contributed by atoms with Crippen LogP contribution < -0.4 is 15.0 Å². The van der Waals surface area contributed by atoms with E-state index in [4.69, 9.17) is 19.2 Å². The summed E-state index contributed by atoms with van der Waals surface area (Å²) in [7, 11) is 1.65. The quantitative estimate of drug-likeness (QED) is 0.261. The highest BCUT2D eigenvalue weighted by Crippen LogP contribution is 2.32. The summed E-state index contributed by atoms with van der Waals surface area (Å²) in [4.78, 5) is 15.9. The number of aliphatic hydroxyl groups excluding tert-OH is 1. The van der Waals surface area contributed by atoms with Crippen LogP contribution in [0.5, 0.6) is 6.01 Å². The Kier molecular flexibility index (Phi) is 8.45. The molecule has 1 saturated heterocycles. The third-order valence-electron chi connectivity index (χ3n) is 7.22.